The minimum atomic E-state index is -0.429. The number of benzene rings is 1. The summed E-state index contributed by atoms with van der Waals surface area (Å²) in [5, 5.41) is 3.12. The van der Waals surface area contributed by atoms with E-state index in [4.69, 9.17) is 11.6 Å². The number of anilines is 1. The molecule has 3 nitrogen and oxygen atoms in total. The molecule has 1 N–H and O–H groups in total. The summed E-state index contributed by atoms with van der Waals surface area (Å²) in [5.41, 5.74) is 2.55. The van der Waals surface area contributed by atoms with Gasteiger partial charge in [0.05, 0.1) is 10.7 Å². The number of halogens is 2. The topological polar surface area (TPSA) is 37.8 Å². The molecule has 2 rings (SSSR count). The van der Waals surface area contributed by atoms with E-state index in [1.165, 1.54) is 12.4 Å². The zero-order chi connectivity index (χ0) is 13.1. The second kappa shape index (κ2) is 5.31. The highest BCUT2D eigenvalue weighted by Crippen LogP contribution is 2.28. The molecule has 0 saturated carbocycles. The zero-order valence-electron chi connectivity index (χ0n) is 10.2. The Kier molecular flexibility index (Phi) is 3.77. The van der Waals surface area contributed by atoms with Crippen LogP contribution in [0.25, 0.3) is 11.3 Å². The fourth-order valence-corrected chi connectivity index (χ4v) is 2.04. The highest BCUT2D eigenvalue weighted by atomic mass is 35.5. The van der Waals surface area contributed by atoms with Gasteiger partial charge in [0.2, 0.25) is 0 Å². The SMILES string of the molecule is CCc1c(NC)ncnc1-c1ccc(F)c(Cl)c1. The van der Waals surface area contributed by atoms with Crippen LogP contribution in [0.3, 0.4) is 0 Å². The standard InChI is InChI=1S/C13H13ClFN3/c1-3-9-12(17-7-18-13(9)16-2)8-4-5-11(15)10(14)6-8/h4-7H,3H2,1-2H3,(H,16,17,18). The lowest BCUT2D eigenvalue weighted by molar-refractivity contribution is 0.628. The molecular formula is C13H13ClFN3. The Morgan fingerprint density at radius 2 is 2.11 bits per heavy atom. The molecule has 0 bridgehead atoms. The lowest BCUT2D eigenvalue weighted by Crippen LogP contribution is -2.02. The minimum Gasteiger partial charge on any atom is -0.373 e. The van der Waals surface area contributed by atoms with Crippen molar-refractivity contribution in [3.05, 3.63) is 40.9 Å². The summed E-state index contributed by atoms with van der Waals surface area (Å²) >= 11 is 5.80. The van der Waals surface area contributed by atoms with E-state index in [-0.39, 0.29) is 5.02 Å². The Labute approximate surface area is 110 Å². The molecule has 0 radical (unpaired) electrons. The Morgan fingerprint density at radius 3 is 2.72 bits per heavy atom. The predicted molar refractivity (Wildman–Crippen MR) is 71.4 cm³/mol. The van der Waals surface area contributed by atoms with Gasteiger partial charge in [-0.2, -0.15) is 0 Å². The number of rotatable bonds is 3. The van der Waals surface area contributed by atoms with Crippen molar-refractivity contribution in [3.8, 4) is 11.3 Å². The maximum Gasteiger partial charge on any atom is 0.141 e. The summed E-state index contributed by atoms with van der Waals surface area (Å²) in [6, 6.07) is 4.60. The minimum absolute atomic E-state index is 0.0965. The van der Waals surface area contributed by atoms with Gasteiger partial charge < -0.3 is 5.32 Å². The molecule has 0 atom stereocenters. The van der Waals surface area contributed by atoms with E-state index in [9.17, 15) is 4.39 Å². The quantitative estimate of drug-likeness (QED) is 0.922. The van der Waals surface area contributed by atoms with E-state index in [1.54, 1.807) is 12.1 Å². The van der Waals surface area contributed by atoms with Gasteiger partial charge in [-0.15, -0.1) is 0 Å². The second-order valence-electron chi connectivity index (χ2n) is 3.78. The molecule has 1 aromatic heterocycles. The summed E-state index contributed by atoms with van der Waals surface area (Å²) in [6.45, 7) is 2.02. The number of aromatic nitrogens is 2. The van der Waals surface area contributed by atoms with Gasteiger partial charge in [-0.1, -0.05) is 18.5 Å². The van der Waals surface area contributed by atoms with Gasteiger partial charge in [-0.25, -0.2) is 14.4 Å². The van der Waals surface area contributed by atoms with E-state index in [2.05, 4.69) is 15.3 Å². The van der Waals surface area contributed by atoms with Crippen LogP contribution in [-0.4, -0.2) is 17.0 Å². The van der Waals surface area contributed by atoms with Crippen LogP contribution < -0.4 is 5.32 Å². The van der Waals surface area contributed by atoms with Gasteiger partial charge >= 0.3 is 0 Å². The van der Waals surface area contributed by atoms with Crippen LogP contribution in [0.1, 0.15) is 12.5 Å². The van der Waals surface area contributed by atoms with Crippen LogP contribution in [0, 0.1) is 5.82 Å². The van der Waals surface area contributed by atoms with E-state index >= 15 is 0 Å². The lowest BCUT2D eigenvalue weighted by Gasteiger charge is -2.11. The van der Waals surface area contributed by atoms with Crippen molar-refractivity contribution in [2.45, 2.75) is 13.3 Å². The molecule has 0 spiro atoms. The van der Waals surface area contributed by atoms with Gasteiger partial charge in [0.15, 0.2) is 0 Å². The summed E-state index contributed by atoms with van der Waals surface area (Å²) in [5.74, 6) is 0.351. The number of hydrogen-bond donors (Lipinski definition) is 1. The maximum absolute atomic E-state index is 13.2. The van der Waals surface area contributed by atoms with Crippen LogP contribution in [0.5, 0.6) is 0 Å². The number of nitrogens with one attached hydrogen (secondary N) is 1. The van der Waals surface area contributed by atoms with Crippen LogP contribution in [0.2, 0.25) is 5.02 Å². The molecule has 1 aromatic carbocycles. The first kappa shape index (κ1) is 12.8. The second-order valence-corrected chi connectivity index (χ2v) is 4.19. The third-order valence-corrected chi connectivity index (χ3v) is 3.02. The normalized spacial score (nSPS) is 10.4. The largest absolute Gasteiger partial charge is 0.373 e. The molecule has 94 valence electrons. The fourth-order valence-electron chi connectivity index (χ4n) is 1.85. The van der Waals surface area contributed by atoms with E-state index in [0.717, 1.165) is 29.1 Å². The van der Waals surface area contributed by atoms with Crippen molar-refractivity contribution < 1.29 is 4.39 Å². The Morgan fingerprint density at radius 1 is 1.33 bits per heavy atom. The number of nitrogens with zero attached hydrogens (tertiary/aromatic N) is 2. The van der Waals surface area contributed by atoms with Crippen LogP contribution in [0.15, 0.2) is 24.5 Å². The molecule has 0 aliphatic carbocycles. The average Bonchev–Trinajstić information content (AvgIpc) is 2.40. The highest BCUT2D eigenvalue weighted by molar-refractivity contribution is 6.31. The third kappa shape index (κ3) is 2.29. The van der Waals surface area contributed by atoms with Crippen molar-refractivity contribution in [1.82, 2.24) is 9.97 Å². The van der Waals surface area contributed by atoms with Crippen LogP contribution in [0.4, 0.5) is 10.2 Å². The Balaban J connectivity index is 2.59. The van der Waals surface area contributed by atoms with Gasteiger partial charge in [-0.3, -0.25) is 0 Å². The molecule has 0 saturated heterocycles. The maximum atomic E-state index is 13.2. The zero-order valence-corrected chi connectivity index (χ0v) is 10.9. The molecule has 0 unspecified atom stereocenters. The van der Waals surface area contributed by atoms with Gasteiger partial charge in [0.25, 0.3) is 0 Å². The highest BCUT2D eigenvalue weighted by Gasteiger charge is 2.12. The lowest BCUT2D eigenvalue weighted by atomic mass is 10.0. The van der Waals surface area contributed by atoms with Crippen LogP contribution in [-0.2, 0) is 6.42 Å². The first-order chi connectivity index (χ1) is 8.67. The molecule has 0 fully saturated rings. The smallest absolute Gasteiger partial charge is 0.141 e. The fraction of sp³-hybridized carbons (Fsp3) is 0.231. The predicted octanol–water partition coefficient (Wildman–Crippen LogP) is 3.54. The van der Waals surface area contributed by atoms with Crippen molar-refractivity contribution in [1.29, 1.82) is 0 Å². The molecular weight excluding hydrogens is 253 g/mol. The summed E-state index contributed by atoms with van der Waals surface area (Å²) in [4.78, 5) is 8.43. The van der Waals surface area contributed by atoms with Crippen LogP contribution >= 0.6 is 11.6 Å². The summed E-state index contributed by atoms with van der Waals surface area (Å²) in [6.07, 6.45) is 2.26. The Bertz CT molecular complexity index is 572. The molecule has 0 aliphatic heterocycles. The van der Waals surface area contributed by atoms with Gasteiger partial charge in [0.1, 0.15) is 18.0 Å². The monoisotopic (exact) mass is 265 g/mol. The number of hydrogen-bond acceptors (Lipinski definition) is 3. The van der Waals surface area contributed by atoms with Gasteiger partial charge in [-0.05, 0) is 24.6 Å². The molecule has 5 heteroatoms. The van der Waals surface area contributed by atoms with Crippen molar-refractivity contribution in [3.63, 3.8) is 0 Å². The van der Waals surface area contributed by atoms with Gasteiger partial charge in [0, 0.05) is 18.2 Å². The summed E-state index contributed by atoms with van der Waals surface area (Å²) < 4.78 is 13.2. The molecule has 2 aromatic rings. The van der Waals surface area contributed by atoms with E-state index in [0.29, 0.717) is 0 Å². The van der Waals surface area contributed by atoms with E-state index < -0.39 is 5.82 Å². The Hall–Kier alpha value is -1.68. The first-order valence-electron chi connectivity index (χ1n) is 5.64. The third-order valence-electron chi connectivity index (χ3n) is 2.73. The molecule has 1 heterocycles. The first-order valence-corrected chi connectivity index (χ1v) is 6.02. The summed E-state index contributed by atoms with van der Waals surface area (Å²) in [7, 11) is 1.81. The average molecular weight is 266 g/mol. The molecule has 0 aliphatic rings. The van der Waals surface area contributed by atoms with E-state index in [1.807, 2.05) is 14.0 Å². The van der Waals surface area contributed by atoms with Crippen molar-refractivity contribution in [2.75, 3.05) is 12.4 Å². The van der Waals surface area contributed by atoms with Crippen molar-refractivity contribution >= 4 is 17.4 Å². The molecule has 18 heavy (non-hydrogen) atoms. The molecule has 0 amide bonds. The van der Waals surface area contributed by atoms with Crippen molar-refractivity contribution in [2.24, 2.45) is 0 Å².